The van der Waals surface area contributed by atoms with Crippen LogP contribution in [-0.4, -0.2) is 29.1 Å². The minimum atomic E-state index is -0.533. The number of esters is 1. The summed E-state index contributed by atoms with van der Waals surface area (Å²) in [4.78, 5) is 22.7. The molecule has 178 valence electrons. The molecule has 0 atom stereocenters. The molecule has 0 bridgehead atoms. The number of ether oxygens (including phenoxy) is 2. The second-order valence-electron chi connectivity index (χ2n) is 7.53. The van der Waals surface area contributed by atoms with Gasteiger partial charge in [0.2, 0.25) is 0 Å². The van der Waals surface area contributed by atoms with E-state index in [1.54, 1.807) is 12.1 Å². The first-order valence-corrected chi connectivity index (χ1v) is 11.4. The second kappa shape index (κ2) is 14.2. The SMILES string of the molecule is CCCCCCCCOC(=O)COc1cc(F)ccc1C(=S)NCc1cccc([N+](=O)[O-])c1. The molecule has 0 spiro atoms. The van der Waals surface area contributed by atoms with Crippen LogP contribution in [0.4, 0.5) is 10.1 Å². The number of carbonyl (C=O) groups is 1. The molecule has 0 aliphatic heterocycles. The molecule has 7 nitrogen and oxygen atoms in total. The highest BCUT2D eigenvalue weighted by atomic mass is 32.1. The number of rotatable bonds is 14. The van der Waals surface area contributed by atoms with E-state index in [9.17, 15) is 19.3 Å². The minimum absolute atomic E-state index is 0.0227. The fraction of sp³-hybridized carbons (Fsp3) is 0.417. The molecule has 2 aromatic carbocycles. The highest BCUT2D eigenvalue weighted by molar-refractivity contribution is 7.80. The van der Waals surface area contributed by atoms with Crippen molar-refractivity contribution < 1.29 is 23.6 Å². The maximum atomic E-state index is 13.8. The van der Waals surface area contributed by atoms with Crippen molar-refractivity contribution in [3.8, 4) is 5.75 Å². The van der Waals surface area contributed by atoms with Gasteiger partial charge in [0.25, 0.3) is 5.69 Å². The lowest BCUT2D eigenvalue weighted by Gasteiger charge is -2.14. The van der Waals surface area contributed by atoms with Crippen molar-refractivity contribution in [1.29, 1.82) is 0 Å². The fourth-order valence-corrected chi connectivity index (χ4v) is 3.35. The molecule has 0 radical (unpaired) electrons. The Morgan fingerprint density at radius 3 is 2.64 bits per heavy atom. The summed E-state index contributed by atoms with van der Waals surface area (Å²) in [5, 5.41) is 13.9. The van der Waals surface area contributed by atoms with Crippen molar-refractivity contribution in [2.75, 3.05) is 13.2 Å². The largest absolute Gasteiger partial charge is 0.481 e. The summed E-state index contributed by atoms with van der Waals surface area (Å²) < 4.78 is 24.4. The Balaban J connectivity index is 1.86. The molecule has 0 amide bonds. The highest BCUT2D eigenvalue weighted by Crippen LogP contribution is 2.21. The zero-order valence-corrected chi connectivity index (χ0v) is 19.5. The second-order valence-corrected chi connectivity index (χ2v) is 7.94. The van der Waals surface area contributed by atoms with Crippen molar-refractivity contribution >= 4 is 28.9 Å². The van der Waals surface area contributed by atoms with Crippen molar-refractivity contribution in [3.63, 3.8) is 0 Å². The van der Waals surface area contributed by atoms with Crippen LogP contribution in [0, 0.1) is 15.9 Å². The summed E-state index contributed by atoms with van der Waals surface area (Å²) in [6.45, 7) is 2.36. The number of nitro groups is 1. The van der Waals surface area contributed by atoms with Crippen LogP contribution < -0.4 is 10.1 Å². The van der Waals surface area contributed by atoms with Gasteiger partial charge in [0.05, 0.1) is 17.1 Å². The number of hydrogen-bond acceptors (Lipinski definition) is 6. The van der Waals surface area contributed by atoms with Gasteiger partial charge in [-0.3, -0.25) is 10.1 Å². The Bertz CT molecular complexity index is 954. The number of nitrogens with one attached hydrogen (secondary N) is 1. The summed E-state index contributed by atoms with van der Waals surface area (Å²) in [6.07, 6.45) is 6.51. The van der Waals surface area contributed by atoms with Gasteiger partial charge in [0.1, 0.15) is 16.6 Å². The molecule has 0 unspecified atom stereocenters. The first-order valence-electron chi connectivity index (χ1n) is 11.0. The topological polar surface area (TPSA) is 90.7 Å². The van der Waals surface area contributed by atoms with Crippen LogP contribution in [0.25, 0.3) is 0 Å². The normalized spacial score (nSPS) is 10.5. The number of nitro benzene ring substituents is 1. The molecule has 0 heterocycles. The molecule has 1 N–H and O–H groups in total. The summed E-state index contributed by atoms with van der Waals surface area (Å²) in [7, 11) is 0. The Labute approximate surface area is 198 Å². The van der Waals surface area contributed by atoms with Gasteiger partial charge in [0.15, 0.2) is 6.61 Å². The fourth-order valence-electron chi connectivity index (χ4n) is 3.11. The third-order valence-corrected chi connectivity index (χ3v) is 5.23. The van der Waals surface area contributed by atoms with E-state index >= 15 is 0 Å². The zero-order valence-electron chi connectivity index (χ0n) is 18.7. The van der Waals surface area contributed by atoms with Crippen LogP contribution in [0.2, 0.25) is 0 Å². The van der Waals surface area contributed by atoms with E-state index in [0.29, 0.717) is 17.7 Å². The average Bonchev–Trinajstić information content (AvgIpc) is 2.81. The molecule has 9 heteroatoms. The lowest BCUT2D eigenvalue weighted by Crippen LogP contribution is -2.23. The molecular weight excluding hydrogens is 447 g/mol. The van der Waals surface area contributed by atoms with Gasteiger partial charge in [0, 0.05) is 24.7 Å². The van der Waals surface area contributed by atoms with Crippen LogP contribution in [0.1, 0.15) is 56.6 Å². The molecule has 0 aromatic heterocycles. The summed E-state index contributed by atoms with van der Waals surface area (Å²) in [5.74, 6) is -0.951. The Hall–Kier alpha value is -3.07. The lowest BCUT2D eigenvalue weighted by atomic mass is 10.1. The van der Waals surface area contributed by atoms with Crippen LogP contribution in [0.3, 0.4) is 0 Å². The van der Waals surface area contributed by atoms with E-state index in [1.807, 2.05) is 0 Å². The van der Waals surface area contributed by atoms with E-state index in [-0.39, 0.29) is 29.6 Å². The molecule has 2 rings (SSSR count). The van der Waals surface area contributed by atoms with Gasteiger partial charge in [-0.05, 0) is 24.1 Å². The van der Waals surface area contributed by atoms with Gasteiger partial charge >= 0.3 is 5.97 Å². The summed E-state index contributed by atoms with van der Waals surface area (Å²) >= 11 is 5.38. The zero-order chi connectivity index (χ0) is 24.1. The molecule has 0 saturated heterocycles. The predicted octanol–water partition coefficient (Wildman–Crippen LogP) is 5.48. The van der Waals surface area contributed by atoms with E-state index < -0.39 is 16.7 Å². The average molecular weight is 477 g/mol. The van der Waals surface area contributed by atoms with Crippen LogP contribution >= 0.6 is 12.2 Å². The van der Waals surface area contributed by atoms with Crippen molar-refractivity contribution in [3.05, 3.63) is 69.5 Å². The minimum Gasteiger partial charge on any atom is -0.481 e. The van der Waals surface area contributed by atoms with Crippen LogP contribution in [0.5, 0.6) is 5.75 Å². The maximum absolute atomic E-state index is 13.8. The Morgan fingerprint density at radius 2 is 1.88 bits per heavy atom. The molecule has 2 aromatic rings. The molecule has 0 aliphatic carbocycles. The molecule has 0 fully saturated rings. The lowest BCUT2D eigenvalue weighted by molar-refractivity contribution is -0.384. The van der Waals surface area contributed by atoms with Gasteiger partial charge in [-0.25, -0.2) is 9.18 Å². The number of benzene rings is 2. The van der Waals surface area contributed by atoms with Crippen LogP contribution in [0.15, 0.2) is 42.5 Å². The van der Waals surface area contributed by atoms with Gasteiger partial charge in [-0.15, -0.1) is 0 Å². The first-order chi connectivity index (χ1) is 15.9. The number of hydrogen-bond donors (Lipinski definition) is 1. The van der Waals surface area contributed by atoms with Crippen LogP contribution in [-0.2, 0) is 16.1 Å². The van der Waals surface area contributed by atoms with Gasteiger partial charge in [-0.1, -0.05) is 63.4 Å². The number of non-ortho nitro benzene ring substituents is 1. The smallest absolute Gasteiger partial charge is 0.344 e. The number of unbranched alkanes of at least 4 members (excludes halogenated alkanes) is 5. The maximum Gasteiger partial charge on any atom is 0.344 e. The quantitative estimate of drug-likeness (QED) is 0.127. The van der Waals surface area contributed by atoms with Gasteiger partial charge < -0.3 is 14.8 Å². The number of nitrogens with zero attached hydrogens (tertiary/aromatic N) is 1. The monoisotopic (exact) mass is 476 g/mol. The van der Waals surface area contributed by atoms with Crippen molar-refractivity contribution in [2.45, 2.75) is 52.0 Å². The molecular formula is C24H29FN2O5S. The third kappa shape index (κ3) is 9.53. The first kappa shape index (κ1) is 26.2. The van der Waals surface area contributed by atoms with E-state index in [0.717, 1.165) is 25.3 Å². The van der Waals surface area contributed by atoms with Gasteiger partial charge in [-0.2, -0.15) is 0 Å². The van der Waals surface area contributed by atoms with E-state index in [4.69, 9.17) is 21.7 Å². The highest BCUT2D eigenvalue weighted by Gasteiger charge is 2.14. The van der Waals surface area contributed by atoms with Crippen molar-refractivity contribution in [2.24, 2.45) is 0 Å². The van der Waals surface area contributed by atoms with E-state index in [1.165, 1.54) is 43.5 Å². The Morgan fingerprint density at radius 1 is 1.12 bits per heavy atom. The molecule has 0 aliphatic rings. The van der Waals surface area contributed by atoms with E-state index in [2.05, 4.69) is 12.2 Å². The third-order valence-electron chi connectivity index (χ3n) is 4.87. The Kier molecular flexibility index (Phi) is 11.2. The molecule has 0 saturated carbocycles. The standard InChI is InChI=1S/C24H29FN2O5S/c1-2-3-4-5-6-7-13-31-23(28)17-32-22-15-19(25)11-12-21(22)24(33)26-16-18-9-8-10-20(14-18)27(29)30/h8-12,14-15H,2-7,13,16-17H2,1H3,(H,26,33). The van der Waals surface area contributed by atoms with Crippen molar-refractivity contribution in [1.82, 2.24) is 5.32 Å². The molecule has 33 heavy (non-hydrogen) atoms. The summed E-state index contributed by atoms with van der Waals surface area (Å²) in [5.41, 5.74) is 1.04. The summed E-state index contributed by atoms with van der Waals surface area (Å²) in [6, 6.07) is 10.00. The number of thiocarbonyl (C=S) groups is 1. The number of halogens is 1. The number of carbonyl (C=O) groups excluding carboxylic acids is 1. The predicted molar refractivity (Wildman–Crippen MR) is 128 cm³/mol.